The molecule has 0 radical (unpaired) electrons. The fraction of sp³-hybridized carbons (Fsp3) is 0.353. The van der Waals surface area contributed by atoms with Crippen LogP contribution in [0.2, 0.25) is 0 Å². The van der Waals surface area contributed by atoms with Crippen molar-refractivity contribution in [2.75, 3.05) is 13.2 Å². The maximum Gasteiger partial charge on any atom is 0.361 e. The largest absolute Gasteiger partial charge is 0.445 e. The van der Waals surface area contributed by atoms with E-state index in [2.05, 4.69) is 0 Å². The van der Waals surface area contributed by atoms with Gasteiger partial charge in [0.25, 0.3) is 0 Å². The average molecular weight is 366 g/mol. The molecular formula is C17H20FN2O4P. The zero-order valence-corrected chi connectivity index (χ0v) is 15.2. The molecule has 1 aromatic rings. The number of hydrogen-bond donors (Lipinski definition) is 1. The summed E-state index contributed by atoms with van der Waals surface area (Å²) in [5, 5.41) is 9.74. The highest BCUT2D eigenvalue weighted by Crippen LogP contribution is 2.64. The second kappa shape index (κ2) is 7.83. The Morgan fingerprint density at radius 2 is 1.84 bits per heavy atom. The summed E-state index contributed by atoms with van der Waals surface area (Å²) in [6.07, 6.45) is 0. The minimum atomic E-state index is -3.74. The van der Waals surface area contributed by atoms with E-state index in [0.29, 0.717) is 5.56 Å². The Bertz CT molecular complexity index is 786. The smallest absolute Gasteiger partial charge is 0.361 e. The average Bonchev–Trinajstić information content (AvgIpc) is 2.55. The monoisotopic (exact) mass is 366 g/mol. The van der Waals surface area contributed by atoms with Crippen molar-refractivity contribution in [1.29, 1.82) is 5.26 Å². The number of benzene rings is 1. The van der Waals surface area contributed by atoms with Gasteiger partial charge in [-0.1, -0.05) is 12.1 Å². The van der Waals surface area contributed by atoms with E-state index in [1.807, 2.05) is 6.07 Å². The van der Waals surface area contributed by atoms with Gasteiger partial charge in [-0.25, -0.2) is 4.39 Å². The van der Waals surface area contributed by atoms with Gasteiger partial charge in [-0.15, -0.1) is 0 Å². The van der Waals surface area contributed by atoms with E-state index in [1.165, 1.54) is 24.3 Å². The Hall–Kier alpha value is -2.13. The fourth-order valence-corrected chi connectivity index (χ4v) is 4.78. The summed E-state index contributed by atoms with van der Waals surface area (Å²) in [5.41, 5.74) is 6.46. The van der Waals surface area contributed by atoms with Crippen LogP contribution in [0.25, 0.3) is 0 Å². The lowest BCUT2D eigenvalue weighted by Crippen LogP contribution is -2.21. The predicted octanol–water partition coefficient (Wildman–Crippen LogP) is 4.13. The second-order valence-corrected chi connectivity index (χ2v) is 7.24. The summed E-state index contributed by atoms with van der Waals surface area (Å²) >= 11 is 0. The Balaban J connectivity index is 2.69. The van der Waals surface area contributed by atoms with Gasteiger partial charge in [0.15, 0.2) is 0 Å². The van der Waals surface area contributed by atoms with Crippen molar-refractivity contribution in [3.63, 3.8) is 0 Å². The number of nitrogens with two attached hydrogens (primary N) is 1. The number of rotatable bonds is 6. The molecule has 1 atom stereocenters. The standard InChI is InChI=1S/C17H20FN2O4P/c1-4-22-25(21,23-5-2)16-11(3)24-17(20)14(10-19)15(16)12-6-8-13(18)9-7-12/h6-9,15H,4-5,20H2,1-3H3. The minimum absolute atomic E-state index is 0.0758. The molecule has 1 aliphatic rings. The normalized spacial score (nSPS) is 18.1. The van der Waals surface area contributed by atoms with Crippen LogP contribution >= 0.6 is 7.60 Å². The van der Waals surface area contributed by atoms with Crippen molar-refractivity contribution in [3.8, 4) is 6.07 Å². The molecule has 134 valence electrons. The van der Waals surface area contributed by atoms with Gasteiger partial charge in [-0.05, 0) is 38.5 Å². The Morgan fingerprint density at radius 1 is 1.28 bits per heavy atom. The summed E-state index contributed by atoms with van der Waals surface area (Å²) < 4.78 is 43.0. The number of allylic oxidation sites excluding steroid dienone is 3. The molecule has 1 unspecified atom stereocenters. The number of nitrogens with zero attached hydrogens (tertiary/aromatic N) is 1. The van der Waals surface area contributed by atoms with Gasteiger partial charge >= 0.3 is 7.60 Å². The SMILES string of the molecule is CCOP(=O)(OCC)C1=C(C)OC(N)=C(C#N)C1c1ccc(F)cc1. The summed E-state index contributed by atoms with van der Waals surface area (Å²) in [6, 6.07) is 7.52. The third kappa shape index (κ3) is 3.77. The third-order valence-electron chi connectivity index (χ3n) is 3.67. The lowest BCUT2D eigenvalue weighted by Gasteiger charge is -2.31. The summed E-state index contributed by atoms with van der Waals surface area (Å²) in [5.74, 6) is -1.07. The van der Waals surface area contributed by atoms with Crippen LogP contribution in [-0.4, -0.2) is 13.2 Å². The van der Waals surface area contributed by atoms with Gasteiger partial charge in [-0.3, -0.25) is 4.57 Å². The number of halogens is 1. The van der Waals surface area contributed by atoms with Gasteiger partial charge in [-0.2, -0.15) is 5.26 Å². The Labute approximate surface area is 146 Å². The highest BCUT2D eigenvalue weighted by Gasteiger charge is 2.43. The van der Waals surface area contributed by atoms with E-state index in [-0.39, 0.29) is 35.7 Å². The maximum absolute atomic E-state index is 13.4. The van der Waals surface area contributed by atoms with Crippen molar-refractivity contribution in [2.45, 2.75) is 26.7 Å². The lowest BCUT2D eigenvalue weighted by molar-refractivity contribution is 0.218. The fourth-order valence-electron chi connectivity index (χ4n) is 2.72. The van der Waals surface area contributed by atoms with Gasteiger partial charge in [0.2, 0.25) is 5.88 Å². The second-order valence-electron chi connectivity index (χ2n) is 5.25. The molecule has 0 saturated carbocycles. The van der Waals surface area contributed by atoms with Gasteiger partial charge < -0.3 is 19.5 Å². The molecule has 0 bridgehead atoms. The molecule has 25 heavy (non-hydrogen) atoms. The maximum atomic E-state index is 13.4. The van der Waals surface area contributed by atoms with E-state index in [1.54, 1.807) is 20.8 Å². The lowest BCUT2D eigenvalue weighted by atomic mass is 9.89. The van der Waals surface area contributed by atoms with Crippen LogP contribution in [0.1, 0.15) is 32.3 Å². The first kappa shape index (κ1) is 19.2. The van der Waals surface area contributed by atoms with E-state index >= 15 is 0 Å². The van der Waals surface area contributed by atoms with Crippen molar-refractivity contribution < 1.29 is 22.7 Å². The van der Waals surface area contributed by atoms with Gasteiger partial charge in [0, 0.05) is 0 Å². The zero-order valence-electron chi connectivity index (χ0n) is 14.3. The van der Waals surface area contributed by atoms with E-state index in [9.17, 15) is 14.2 Å². The minimum Gasteiger partial charge on any atom is -0.445 e. The summed E-state index contributed by atoms with van der Waals surface area (Å²) in [4.78, 5) is 0. The first-order valence-electron chi connectivity index (χ1n) is 7.81. The first-order chi connectivity index (χ1) is 11.9. The molecule has 0 aliphatic carbocycles. The number of ether oxygens (including phenoxy) is 1. The summed E-state index contributed by atoms with van der Waals surface area (Å²) in [7, 11) is -3.74. The summed E-state index contributed by atoms with van der Waals surface area (Å²) in [6.45, 7) is 5.25. The molecule has 1 heterocycles. The van der Waals surface area contributed by atoms with Crippen molar-refractivity contribution >= 4 is 7.60 Å². The van der Waals surface area contributed by atoms with Crippen molar-refractivity contribution in [2.24, 2.45) is 5.73 Å². The Morgan fingerprint density at radius 3 is 2.32 bits per heavy atom. The number of hydrogen-bond acceptors (Lipinski definition) is 6. The van der Waals surface area contributed by atoms with Crippen LogP contribution in [0, 0.1) is 17.1 Å². The highest BCUT2D eigenvalue weighted by atomic mass is 31.2. The zero-order chi connectivity index (χ0) is 18.6. The highest BCUT2D eigenvalue weighted by molar-refractivity contribution is 7.58. The molecule has 1 aromatic carbocycles. The molecule has 1 aliphatic heterocycles. The van der Waals surface area contributed by atoms with Crippen LogP contribution in [0.3, 0.4) is 0 Å². The topological polar surface area (TPSA) is 94.6 Å². The molecule has 2 rings (SSSR count). The van der Waals surface area contributed by atoms with E-state index in [4.69, 9.17) is 19.5 Å². The van der Waals surface area contributed by atoms with Gasteiger partial charge in [0.1, 0.15) is 23.2 Å². The van der Waals surface area contributed by atoms with Crippen LogP contribution in [0.15, 0.2) is 46.8 Å². The van der Waals surface area contributed by atoms with E-state index in [0.717, 1.165) is 0 Å². The van der Waals surface area contributed by atoms with Crippen molar-refractivity contribution in [1.82, 2.24) is 0 Å². The molecule has 8 heteroatoms. The molecule has 0 aromatic heterocycles. The molecule has 0 amide bonds. The number of nitriles is 1. The Kier molecular flexibility index (Phi) is 6.02. The first-order valence-corrected chi connectivity index (χ1v) is 9.35. The molecule has 2 N–H and O–H groups in total. The van der Waals surface area contributed by atoms with E-state index < -0.39 is 19.3 Å². The molecular weight excluding hydrogens is 346 g/mol. The molecule has 0 spiro atoms. The van der Waals surface area contributed by atoms with Crippen LogP contribution < -0.4 is 5.73 Å². The molecule has 0 fully saturated rings. The van der Waals surface area contributed by atoms with Crippen molar-refractivity contribution in [3.05, 3.63) is 58.2 Å². The third-order valence-corrected chi connectivity index (χ3v) is 6.03. The van der Waals surface area contributed by atoms with Crippen LogP contribution in [0.5, 0.6) is 0 Å². The quantitative estimate of drug-likeness (QED) is 0.761. The van der Waals surface area contributed by atoms with Crippen LogP contribution in [0.4, 0.5) is 4.39 Å². The van der Waals surface area contributed by atoms with Crippen LogP contribution in [-0.2, 0) is 18.3 Å². The molecule has 6 nitrogen and oxygen atoms in total. The van der Waals surface area contributed by atoms with Gasteiger partial charge in [0.05, 0.1) is 24.4 Å². The predicted molar refractivity (Wildman–Crippen MR) is 90.6 cm³/mol. The molecule has 0 saturated heterocycles.